The van der Waals surface area contributed by atoms with Crippen LogP contribution in [0, 0.1) is 13.8 Å². The van der Waals surface area contributed by atoms with E-state index in [0.29, 0.717) is 5.02 Å². The fourth-order valence-electron chi connectivity index (χ4n) is 2.51. The predicted molar refractivity (Wildman–Crippen MR) is 90.4 cm³/mol. The van der Waals surface area contributed by atoms with Gasteiger partial charge in [-0.3, -0.25) is 4.98 Å². The first-order valence-electron chi connectivity index (χ1n) is 6.79. The van der Waals surface area contributed by atoms with Crippen LogP contribution in [0.4, 0.5) is 5.69 Å². The Morgan fingerprint density at radius 1 is 1.29 bits per heavy atom. The molecule has 1 N–H and O–H groups in total. The summed E-state index contributed by atoms with van der Waals surface area (Å²) >= 11 is 7.93. The Morgan fingerprint density at radius 3 is 2.81 bits per heavy atom. The van der Waals surface area contributed by atoms with Crippen molar-refractivity contribution >= 4 is 39.5 Å². The van der Waals surface area contributed by atoms with Crippen LogP contribution in [0.3, 0.4) is 0 Å². The fraction of sp³-hybridized carbons (Fsp3) is 0.250. The predicted octanol–water partition coefficient (Wildman–Crippen LogP) is 5.13. The summed E-state index contributed by atoms with van der Waals surface area (Å²) < 4.78 is 0. The molecule has 0 spiro atoms. The lowest BCUT2D eigenvalue weighted by molar-refractivity contribution is 0.838. The van der Waals surface area contributed by atoms with E-state index in [1.54, 1.807) is 17.5 Å². The van der Waals surface area contributed by atoms with E-state index in [-0.39, 0.29) is 6.04 Å². The van der Waals surface area contributed by atoms with Gasteiger partial charge in [-0.25, -0.2) is 4.98 Å². The SMILES string of the molecule is Cc1nc(C(C)Nc2cc(Cl)cc3cccnc23)c(C)s1. The molecule has 0 amide bonds. The van der Waals surface area contributed by atoms with E-state index in [2.05, 4.69) is 29.1 Å². The van der Waals surface area contributed by atoms with E-state index in [1.807, 2.05) is 31.2 Å². The molecule has 21 heavy (non-hydrogen) atoms. The quantitative estimate of drug-likeness (QED) is 0.727. The van der Waals surface area contributed by atoms with Gasteiger partial charge in [-0.1, -0.05) is 17.7 Å². The number of aromatic nitrogens is 2. The number of pyridine rings is 1. The van der Waals surface area contributed by atoms with Crippen LogP contribution < -0.4 is 5.32 Å². The first-order chi connectivity index (χ1) is 10.0. The Balaban J connectivity index is 1.99. The number of fused-ring (bicyclic) bond motifs is 1. The zero-order valence-corrected chi connectivity index (χ0v) is 13.7. The maximum Gasteiger partial charge on any atom is 0.0934 e. The molecule has 2 heterocycles. The highest BCUT2D eigenvalue weighted by Crippen LogP contribution is 2.31. The standard InChI is InChI=1S/C16H16ClN3S/c1-9(15-10(2)21-11(3)20-15)19-14-8-13(17)7-12-5-4-6-18-16(12)14/h4-9,19H,1-3H3. The topological polar surface area (TPSA) is 37.8 Å². The van der Waals surface area contributed by atoms with Crippen molar-refractivity contribution in [2.45, 2.75) is 26.8 Å². The van der Waals surface area contributed by atoms with Gasteiger partial charge in [0.1, 0.15) is 0 Å². The summed E-state index contributed by atoms with van der Waals surface area (Å²) in [6, 6.07) is 7.89. The number of hydrogen-bond acceptors (Lipinski definition) is 4. The van der Waals surface area contributed by atoms with Gasteiger partial charge in [0, 0.05) is 21.5 Å². The molecule has 3 aromatic rings. The first kappa shape index (κ1) is 14.3. The van der Waals surface area contributed by atoms with Crippen LogP contribution in [0.25, 0.3) is 10.9 Å². The molecule has 0 saturated carbocycles. The molecular formula is C16H16ClN3S. The van der Waals surface area contributed by atoms with Crippen molar-refractivity contribution in [3.8, 4) is 0 Å². The number of thiazole rings is 1. The van der Waals surface area contributed by atoms with E-state index in [1.165, 1.54) is 4.88 Å². The lowest BCUT2D eigenvalue weighted by Crippen LogP contribution is -2.09. The molecule has 108 valence electrons. The molecule has 0 bridgehead atoms. The molecule has 0 radical (unpaired) electrons. The molecule has 1 aromatic carbocycles. The summed E-state index contributed by atoms with van der Waals surface area (Å²) in [5, 5.41) is 6.32. The van der Waals surface area contributed by atoms with E-state index in [9.17, 15) is 0 Å². The Kier molecular flexibility index (Phi) is 3.83. The van der Waals surface area contributed by atoms with Crippen molar-refractivity contribution in [1.82, 2.24) is 9.97 Å². The minimum Gasteiger partial charge on any atom is -0.375 e. The summed E-state index contributed by atoms with van der Waals surface area (Å²) in [6.07, 6.45) is 1.80. The number of nitrogens with one attached hydrogen (secondary N) is 1. The second-order valence-corrected chi connectivity index (χ2v) is 6.91. The van der Waals surface area contributed by atoms with Crippen LogP contribution >= 0.6 is 22.9 Å². The van der Waals surface area contributed by atoms with Gasteiger partial charge in [0.25, 0.3) is 0 Å². The molecule has 1 atom stereocenters. The maximum absolute atomic E-state index is 6.21. The number of anilines is 1. The average molecular weight is 318 g/mol. The van der Waals surface area contributed by atoms with Gasteiger partial charge < -0.3 is 5.32 Å². The number of hydrogen-bond donors (Lipinski definition) is 1. The highest BCUT2D eigenvalue weighted by atomic mass is 35.5. The second kappa shape index (κ2) is 5.62. The lowest BCUT2D eigenvalue weighted by Gasteiger charge is -2.16. The summed E-state index contributed by atoms with van der Waals surface area (Å²) in [5.41, 5.74) is 2.95. The first-order valence-corrected chi connectivity index (χ1v) is 7.99. The van der Waals surface area contributed by atoms with Crippen molar-refractivity contribution in [2.24, 2.45) is 0 Å². The lowest BCUT2D eigenvalue weighted by atomic mass is 10.1. The molecule has 0 aliphatic carbocycles. The third-order valence-corrected chi connectivity index (χ3v) is 4.51. The highest BCUT2D eigenvalue weighted by molar-refractivity contribution is 7.11. The smallest absolute Gasteiger partial charge is 0.0934 e. The molecule has 3 nitrogen and oxygen atoms in total. The van der Waals surface area contributed by atoms with Crippen molar-refractivity contribution in [1.29, 1.82) is 0 Å². The van der Waals surface area contributed by atoms with E-state index in [4.69, 9.17) is 11.6 Å². The number of halogens is 1. The summed E-state index contributed by atoms with van der Waals surface area (Å²) in [6.45, 7) is 6.24. The third kappa shape index (κ3) is 2.87. The van der Waals surface area contributed by atoms with Gasteiger partial charge in [-0.05, 0) is 39.0 Å². The van der Waals surface area contributed by atoms with E-state index < -0.39 is 0 Å². The minimum atomic E-state index is 0.110. The molecule has 0 aliphatic rings. The average Bonchev–Trinajstić information content (AvgIpc) is 2.77. The molecule has 1 unspecified atom stereocenters. The summed E-state index contributed by atoms with van der Waals surface area (Å²) in [5.74, 6) is 0. The van der Waals surface area contributed by atoms with Gasteiger partial charge in [-0.2, -0.15) is 0 Å². The Bertz CT molecular complexity index is 797. The molecule has 0 aliphatic heterocycles. The monoisotopic (exact) mass is 317 g/mol. The fourth-order valence-corrected chi connectivity index (χ4v) is 3.65. The molecular weight excluding hydrogens is 302 g/mol. The highest BCUT2D eigenvalue weighted by Gasteiger charge is 2.14. The van der Waals surface area contributed by atoms with Crippen molar-refractivity contribution in [3.63, 3.8) is 0 Å². The Morgan fingerprint density at radius 2 is 2.10 bits per heavy atom. The zero-order chi connectivity index (χ0) is 15.0. The van der Waals surface area contributed by atoms with Crippen LogP contribution in [-0.4, -0.2) is 9.97 Å². The van der Waals surface area contributed by atoms with E-state index in [0.717, 1.165) is 27.3 Å². The van der Waals surface area contributed by atoms with Crippen molar-refractivity contribution in [2.75, 3.05) is 5.32 Å². The number of nitrogens with zero attached hydrogens (tertiary/aromatic N) is 2. The van der Waals surface area contributed by atoms with Crippen LogP contribution in [0.1, 0.15) is 28.5 Å². The third-order valence-electron chi connectivity index (χ3n) is 3.39. The van der Waals surface area contributed by atoms with Gasteiger partial charge in [0.05, 0.1) is 27.9 Å². The Labute approximate surface area is 133 Å². The minimum absolute atomic E-state index is 0.110. The van der Waals surface area contributed by atoms with Crippen LogP contribution in [0.5, 0.6) is 0 Å². The molecule has 5 heteroatoms. The normalized spacial score (nSPS) is 12.6. The van der Waals surface area contributed by atoms with Crippen LogP contribution in [-0.2, 0) is 0 Å². The van der Waals surface area contributed by atoms with Gasteiger partial charge in [0.15, 0.2) is 0 Å². The zero-order valence-electron chi connectivity index (χ0n) is 12.1. The van der Waals surface area contributed by atoms with Crippen molar-refractivity contribution in [3.05, 3.63) is 51.1 Å². The molecule has 2 aromatic heterocycles. The number of rotatable bonds is 3. The molecule has 0 fully saturated rings. The molecule has 0 saturated heterocycles. The largest absolute Gasteiger partial charge is 0.375 e. The van der Waals surface area contributed by atoms with E-state index >= 15 is 0 Å². The molecule has 3 rings (SSSR count). The number of aryl methyl sites for hydroxylation is 2. The maximum atomic E-state index is 6.21. The Hall–Kier alpha value is -1.65. The van der Waals surface area contributed by atoms with Gasteiger partial charge >= 0.3 is 0 Å². The van der Waals surface area contributed by atoms with Gasteiger partial charge in [0.2, 0.25) is 0 Å². The summed E-state index contributed by atoms with van der Waals surface area (Å²) in [4.78, 5) is 10.3. The van der Waals surface area contributed by atoms with Gasteiger partial charge in [-0.15, -0.1) is 11.3 Å². The summed E-state index contributed by atoms with van der Waals surface area (Å²) in [7, 11) is 0. The van der Waals surface area contributed by atoms with Crippen LogP contribution in [0.15, 0.2) is 30.5 Å². The van der Waals surface area contributed by atoms with Crippen LogP contribution in [0.2, 0.25) is 5.02 Å². The number of benzene rings is 1. The van der Waals surface area contributed by atoms with Crippen molar-refractivity contribution < 1.29 is 0 Å². The second-order valence-electron chi connectivity index (χ2n) is 5.07.